The molecule has 17 heavy (non-hydrogen) atoms. The van der Waals surface area contributed by atoms with E-state index in [-0.39, 0.29) is 5.04 Å². The minimum absolute atomic E-state index is 0.182. The molecule has 0 N–H and O–H groups in total. The fourth-order valence-electron chi connectivity index (χ4n) is 1.22. The van der Waals surface area contributed by atoms with Gasteiger partial charge in [0, 0.05) is 0 Å². The fraction of sp³-hybridized carbons (Fsp3) is 0.500. The van der Waals surface area contributed by atoms with Gasteiger partial charge in [0.25, 0.3) is 8.32 Å². The predicted molar refractivity (Wildman–Crippen MR) is 75.3 cm³/mol. The van der Waals surface area contributed by atoms with Crippen LogP contribution < -0.4 is 9.16 Å². The molecular formula is C14H23O2Si. The van der Waals surface area contributed by atoms with E-state index >= 15 is 0 Å². The van der Waals surface area contributed by atoms with Crippen molar-refractivity contribution >= 4 is 8.32 Å². The maximum absolute atomic E-state index is 6.23. The molecule has 0 aliphatic rings. The minimum atomic E-state index is -1.81. The third-order valence-electron chi connectivity index (χ3n) is 3.40. The second kappa shape index (κ2) is 4.73. The van der Waals surface area contributed by atoms with Crippen molar-refractivity contribution < 1.29 is 9.16 Å². The van der Waals surface area contributed by atoms with Gasteiger partial charge in [-0.2, -0.15) is 0 Å². The summed E-state index contributed by atoms with van der Waals surface area (Å²) in [6.45, 7) is 15.0. The summed E-state index contributed by atoms with van der Waals surface area (Å²) < 4.78 is 11.6. The molecule has 0 saturated carbocycles. The van der Waals surface area contributed by atoms with Crippen molar-refractivity contribution in [3.8, 4) is 11.5 Å². The first-order valence-electron chi connectivity index (χ1n) is 5.86. The lowest BCUT2D eigenvalue weighted by Gasteiger charge is -2.36. The first-order chi connectivity index (χ1) is 7.67. The van der Waals surface area contributed by atoms with E-state index < -0.39 is 8.32 Å². The Morgan fingerprint density at radius 1 is 1.12 bits per heavy atom. The second-order valence-corrected chi connectivity index (χ2v) is 10.6. The lowest BCUT2D eigenvalue weighted by atomic mass is 10.2. The molecule has 0 heterocycles. The Kier molecular flexibility index (Phi) is 3.92. The zero-order valence-electron chi connectivity index (χ0n) is 11.8. The van der Waals surface area contributed by atoms with Crippen LogP contribution in [0.1, 0.15) is 26.3 Å². The van der Waals surface area contributed by atoms with E-state index in [0.29, 0.717) is 0 Å². The van der Waals surface area contributed by atoms with Gasteiger partial charge in [0.05, 0.1) is 7.11 Å². The van der Waals surface area contributed by atoms with E-state index in [1.165, 1.54) is 0 Å². The van der Waals surface area contributed by atoms with Crippen LogP contribution in [-0.2, 0) is 0 Å². The van der Waals surface area contributed by atoms with Crippen molar-refractivity contribution in [1.29, 1.82) is 0 Å². The normalized spacial score (nSPS) is 12.4. The number of methoxy groups -OCH3 is 1. The van der Waals surface area contributed by atoms with Crippen molar-refractivity contribution in [1.82, 2.24) is 0 Å². The number of rotatable bonds is 3. The summed E-state index contributed by atoms with van der Waals surface area (Å²) in [4.78, 5) is 0. The molecule has 0 amide bonds. The highest BCUT2D eigenvalue weighted by molar-refractivity contribution is 6.74. The third-order valence-corrected chi connectivity index (χ3v) is 7.74. The summed E-state index contributed by atoms with van der Waals surface area (Å²) in [5.41, 5.74) is 0.935. The van der Waals surface area contributed by atoms with Gasteiger partial charge in [-0.1, -0.05) is 26.8 Å². The van der Waals surface area contributed by atoms with Crippen LogP contribution in [0.3, 0.4) is 0 Å². The fourth-order valence-corrected chi connectivity index (χ4v) is 2.25. The number of benzene rings is 1. The highest BCUT2D eigenvalue weighted by Gasteiger charge is 2.39. The molecular weight excluding hydrogens is 228 g/mol. The first-order valence-corrected chi connectivity index (χ1v) is 8.77. The maximum Gasteiger partial charge on any atom is 0.250 e. The van der Waals surface area contributed by atoms with Gasteiger partial charge >= 0.3 is 0 Å². The average molecular weight is 251 g/mol. The summed E-state index contributed by atoms with van der Waals surface area (Å²) >= 11 is 0. The summed E-state index contributed by atoms with van der Waals surface area (Å²) in [6, 6.07) is 5.80. The van der Waals surface area contributed by atoms with Gasteiger partial charge in [-0.25, -0.2) is 0 Å². The molecule has 1 rings (SSSR count). The van der Waals surface area contributed by atoms with Crippen LogP contribution >= 0.6 is 0 Å². The van der Waals surface area contributed by atoms with Gasteiger partial charge in [0.1, 0.15) is 5.75 Å². The molecule has 95 valence electrons. The summed E-state index contributed by atoms with van der Waals surface area (Å²) in [5, 5.41) is 0.182. The Bertz CT molecular complexity index is 392. The van der Waals surface area contributed by atoms with Crippen molar-refractivity contribution in [3.63, 3.8) is 0 Å². The van der Waals surface area contributed by atoms with Gasteiger partial charge in [-0.15, -0.1) is 0 Å². The molecule has 0 bridgehead atoms. The minimum Gasteiger partial charge on any atom is -0.541 e. The number of ether oxygens (including phenoxy) is 1. The van der Waals surface area contributed by atoms with Crippen LogP contribution in [0.4, 0.5) is 0 Å². The van der Waals surface area contributed by atoms with Gasteiger partial charge in [0.15, 0.2) is 5.75 Å². The van der Waals surface area contributed by atoms with Gasteiger partial charge in [-0.05, 0) is 42.8 Å². The van der Waals surface area contributed by atoms with E-state index in [4.69, 9.17) is 9.16 Å². The molecule has 1 aromatic rings. The molecule has 1 aromatic carbocycles. The monoisotopic (exact) mass is 251 g/mol. The Balaban J connectivity index is 3.03. The lowest BCUT2D eigenvalue weighted by molar-refractivity contribution is 0.385. The van der Waals surface area contributed by atoms with Crippen LogP contribution in [0.25, 0.3) is 0 Å². The summed E-state index contributed by atoms with van der Waals surface area (Å²) in [7, 11) is -0.151. The standard InChI is InChI=1S/C14H23O2Si/c1-11-8-9-12(13(10-11)15-5)16-17(6,7)14(2,3)4/h8-10H,1H2,2-7H3. The molecule has 0 fully saturated rings. The summed E-state index contributed by atoms with van der Waals surface area (Å²) in [6.07, 6.45) is 0. The Labute approximate surface area is 106 Å². The molecule has 0 saturated heterocycles. The topological polar surface area (TPSA) is 18.5 Å². The van der Waals surface area contributed by atoms with Crippen molar-refractivity contribution in [2.75, 3.05) is 7.11 Å². The van der Waals surface area contributed by atoms with Crippen molar-refractivity contribution in [3.05, 3.63) is 30.7 Å². The zero-order chi connectivity index (χ0) is 13.3. The first kappa shape index (κ1) is 14.1. The smallest absolute Gasteiger partial charge is 0.250 e. The molecule has 0 aliphatic heterocycles. The van der Waals surface area contributed by atoms with Crippen LogP contribution in [0.15, 0.2) is 18.2 Å². The Hall–Kier alpha value is -0.963. The SMILES string of the molecule is [CH2]c1ccc(O[Si](C)(C)C(C)(C)C)c(OC)c1. The average Bonchev–Trinajstić information content (AvgIpc) is 2.18. The highest BCUT2D eigenvalue weighted by Crippen LogP contribution is 2.40. The van der Waals surface area contributed by atoms with E-state index in [1.807, 2.05) is 18.2 Å². The quantitative estimate of drug-likeness (QED) is 0.747. The van der Waals surface area contributed by atoms with Crippen LogP contribution in [0, 0.1) is 6.92 Å². The molecule has 0 aromatic heterocycles. The molecule has 0 spiro atoms. The van der Waals surface area contributed by atoms with Gasteiger partial charge in [-0.3, -0.25) is 0 Å². The van der Waals surface area contributed by atoms with E-state index in [2.05, 4.69) is 40.8 Å². The third kappa shape index (κ3) is 3.25. The van der Waals surface area contributed by atoms with Crippen molar-refractivity contribution in [2.45, 2.75) is 38.9 Å². The Morgan fingerprint density at radius 3 is 2.18 bits per heavy atom. The number of hydrogen-bond acceptors (Lipinski definition) is 2. The Morgan fingerprint density at radius 2 is 1.71 bits per heavy atom. The molecule has 0 aliphatic carbocycles. The van der Waals surface area contributed by atoms with Gasteiger partial charge in [0.2, 0.25) is 0 Å². The molecule has 0 unspecified atom stereocenters. The maximum atomic E-state index is 6.23. The van der Waals surface area contributed by atoms with Gasteiger partial charge < -0.3 is 9.16 Å². The largest absolute Gasteiger partial charge is 0.541 e. The molecule has 3 heteroatoms. The van der Waals surface area contributed by atoms with Crippen LogP contribution in [0.2, 0.25) is 18.1 Å². The summed E-state index contributed by atoms with van der Waals surface area (Å²) in [5.74, 6) is 1.59. The second-order valence-electron chi connectivity index (χ2n) is 5.85. The molecule has 1 radical (unpaired) electrons. The highest BCUT2D eigenvalue weighted by atomic mass is 28.4. The molecule has 2 nitrogen and oxygen atoms in total. The van der Waals surface area contributed by atoms with E-state index in [1.54, 1.807) is 7.11 Å². The van der Waals surface area contributed by atoms with Crippen LogP contribution in [-0.4, -0.2) is 15.4 Å². The van der Waals surface area contributed by atoms with E-state index in [0.717, 1.165) is 17.1 Å². The van der Waals surface area contributed by atoms with E-state index in [9.17, 15) is 0 Å². The lowest BCUT2D eigenvalue weighted by Crippen LogP contribution is -2.43. The zero-order valence-corrected chi connectivity index (χ0v) is 12.8. The van der Waals surface area contributed by atoms with Crippen molar-refractivity contribution in [2.24, 2.45) is 0 Å². The predicted octanol–water partition coefficient (Wildman–Crippen LogP) is 4.26. The molecule has 0 atom stereocenters. The number of hydrogen-bond donors (Lipinski definition) is 0. The van der Waals surface area contributed by atoms with Crippen LogP contribution in [0.5, 0.6) is 11.5 Å².